The third kappa shape index (κ3) is 3.30. The van der Waals surface area contributed by atoms with Gasteiger partial charge in [-0.1, -0.05) is 51.2 Å². The molecule has 2 aliphatic carbocycles. The van der Waals surface area contributed by atoms with Crippen LogP contribution in [-0.4, -0.2) is 10.7 Å². The Balaban J connectivity index is 1.69. The monoisotopic (exact) mass is 368 g/mol. The topological polar surface area (TPSA) is 29.5 Å². The van der Waals surface area contributed by atoms with Crippen LogP contribution in [0.2, 0.25) is 0 Å². The summed E-state index contributed by atoms with van der Waals surface area (Å²) < 4.78 is 6.51. The molecule has 4 rings (SSSR count). The molecule has 1 aliphatic heterocycles. The second-order valence-corrected chi connectivity index (χ2v) is 10.1. The van der Waals surface area contributed by atoms with Gasteiger partial charge in [0.05, 0.1) is 0 Å². The van der Waals surface area contributed by atoms with Gasteiger partial charge in [0, 0.05) is 17.4 Å². The van der Waals surface area contributed by atoms with Gasteiger partial charge in [0.2, 0.25) is 0 Å². The molecule has 1 saturated carbocycles. The lowest BCUT2D eigenvalue weighted by molar-refractivity contribution is 0.00746. The zero-order valence-corrected chi connectivity index (χ0v) is 17.7. The maximum Gasteiger partial charge on any atom is 0.127 e. The molecular weight excluding hydrogens is 332 g/mol. The molecule has 1 fully saturated rings. The average Bonchev–Trinajstić information content (AvgIpc) is 3.13. The average molecular weight is 369 g/mol. The number of ether oxygens (including phenoxy) is 1. The van der Waals surface area contributed by atoms with Crippen molar-refractivity contribution in [1.82, 2.24) is 0 Å². The summed E-state index contributed by atoms with van der Waals surface area (Å²) in [6.07, 6.45) is 9.91. The predicted molar refractivity (Wildman–Crippen MR) is 112 cm³/mol. The molecule has 0 radical (unpaired) electrons. The van der Waals surface area contributed by atoms with Gasteiger partial charge in [0.15, 0.2) is 0 Å². The molecule has 3 aliphatic rings. The van der Waals surface area contributed by atoms with E-state index in [9.17, 15) is 5.11 Å². The summed E-state index contributed by atoms with van der Waals surface area (Å²) in [5.74, 6) is 4.09. The molecule has 0 saturated heterocycles. The van der Waals surface area contributed by atoms with Crippen LogP contribution >= 0.6 is 0 Å². The van der Waals surface area contributed by atoms with Gasteiger partial charge in [0.1, 0.15) is 17.1 Å². The van der Waals surface area contributed by atoms with Crippen LogP contribution in [0.4, 0.5) is 0 Å². The standard InChI is InChI=1S/C25H36O2/c1-15-10-11-21-20(12-15)24-22(26)13-19(14-23(24)27-25(21,4)5)17(3)16(2)18-8-6-7-9-18/h10,13-14,16-18,20-21,26H,6-9,11-12H2,1-5H3/t16?,17?,20-,21+/m1/s1. The summed E-state index contributed by atoms with van der Waals surface area (Å²) in [6, 6.07) is 4.29. The molecule has 2 unspecified atom stereocenters. The minimum Gasteiger partial charge on any atom is -0.508 e. The van der Waals surface area contributed by atoms with E-state index in [1.54, 1.807) is 0 Å². The second kappa shape index (κ2) is 6.87. The number of phenols is 1. The second-order valence-electron chi connectivity index (χ2n) is 10.1. The third-order valence-electron chi connectivity index (χ3n) is 7.99. The number of benzene rings is 1. The van der Waals surface area contributed by atoms with E-state index >= 15 is 0 Å². The van der Waals surface area contributed by atoms with Gasteiger partial charge in [-0.05, 0) is 69.1 Å². The van der Waals surface area contributed by atoms with Gasteiger partial charge >= 0.3 is 0 Å². The fourth-order valence-corrected chi connectivity index (χ4v) is 6.04. The van der Waals surface area contributed by atoms with Gasteiger partial charge in [-0.3, -0.25) is 0 Å². The smallest absolute Gasteiger partial charge is 0.127 e. The van der Waals surface area contributed by atoms with Crippen LogP contribution in [0.15, 0.2) is 23.8 Å². The van der Waals surface area contributed by atoms with Crippen molar-refractivity contribution in [1.29, 1.82) is 0 Å². The van der Waals surface area contributed by atoms with E-state index in [2.05, 4.69) is 46.8 Å². The molecule has 1 heterocycles. The van der Waals surface area contributed by atoms with Crippen LogP contribution in [0.25, 0.3) is 0 Å². The molecule has 0 amide bonds. The molecule has 4 atom stereocenters. The van der Waals surface area contributed by atoms with Gasteiger partial charge in [-0.15, -0.1) is 0 Å². The van der Waals surface area contributed by atoms with Crippen molar-refractivity contribution in [2.75, 3.05) is 0 Å². The molecule has 2 heteroatoms. The molecule has 0 aromatic heterocycles. The molecule has 1 aromatic rings. The predicted octanol–water partition coefficient (Wildman–Crippen LogP) is 6.93. The molecule has 0 bridgehead atoms. The highest BCUT2D eigenvalue weighted by molar-refractivity contribution is 5.53. The Morgan fingerprint density at radius 1 is 1.15 bits per heavy atom. The highest BCUT2D eigenvalue weighted by Crippen LogP contribution is 2.55. The van der Waals surface area contributed by atoms with E-state index in [1.165, 1.54) is 36.8 Å². The van der Waals surface area contributed by atoms with Crippen molar-refractivity contribution in [3.05, 3.63) is 34.9 Å². The fourth-order valence-electron chi connectivity index (χ4n) is 6.04. The number of phenolic OH excluding ortho intramolecular Hbond substituents is 1. The third-order valence-corrected chi connectivity index (χ3v) is 7.99. The maximum absolute atomic E-state index is 11.0. The lowest BCUT2D eigenvalue weighted by Crippen LogP contribution is -2.45. The first-order valence-corrected chi connectivity index (χ1v) is 11.0. The molecule has 2 nitrogen and oxygen atoms in total. The summed E-state index contributed by atoms with van der Waals surface area (Å²) in [5.41, 5.74) is 3.53. The van der Waals surface area contributed by atoms with Crippen LogP contribution in [0.1, 0.15) is 96.1 Å². The quantitative estimate of drug-likeness (QED) is 0.586. The van der Waals surface area contributed by atoms with Gasteiger partial charge in [0.25, 0.3) is 0 Å². The van der Waals surface area contributed by atoms with Gasteiger partial charge in [-0.25, -0.2) is 0 Å². The number of hydrogen-bond donors (Lipinski definition) is 1. The lowest BCUT2D eigenvalue weighted by Gasteiger charge is -2.47. The lowest BCUT2D eigenvalue weighted by atomic mass is 9.67. The molecule has 1 N–H and O–H groups in total. The summed E-state index contributed by atoms with van der Waals surface area (Å²) in [7, 11) is 0. The summed E-state index contributed by atoms with van der Waals surface area (Å²) in [5, 5.41) is 11.0. The molecule has 27 heavy (non-hydrogen) atoms. The van der Waals surface area contributed by atoms with Crippen molar-refractivity contribution in [3.63, 3.8) is 0 Å². The Labute approximate surface area is 165 Å². The van der Waals surface area contributed by atoms with E-state index < -0.39 is 0 Å². The molecule has 1 aromatic carbocycles. The number of hydrogen-bond acceptors (Lipinski definition) is 2. The summed E-state index contributed by atoms with van der Waals surface area (Å²) >= 11 is 0. The van der Waals surface area contributed by atoms with E-state index in [-0.39, 0.29) is 5.60 Å². The van der Waals surface area contributed by atoms with Crippen LogP contribution in [0.3, 0.4) is 0 Å². The maximum atomic E-state index is 11.0. The van der Waals surface area contributed by atoms with Crippen molar-refractivity contribution < 1.29 is 9.84 Å². The zero-order valence-electron chi connectivity index (χ0n) is 17.7. The van der Waals surface area contributed by atoms with Crippen molar-refractivity contribution >= 4 is 0 Å². The highest BCUT2D eigenvalue weighted by Gasteiger charge is 2.46. The van der Waals surface area contributed by atoms with Gasteiger partial charge < -0.3 is 9.84 Å². The first kappa shape index (κ1) is 18.9. The van der Waals surface area contributed by atoms with Crippen LogP contribution in [-0.2, 0) is 0 Å². The molecule has 148 valence electrons. The first-order chi connectivity index (χ1) is 12.8. The summed E-state index contributed by atoms with van der Waals surface area (Å²) in [4.78, 5) is 0. The summed E-state index contributed by atoms with van der Waals surface area (Å²) in [6.45, 7) is 11.4. The molecular formula is C25H36O2. The van der Waals surface area contributed by atoms with Crippen molar-refractivity contribution in [2.45, 2.75) is 90.6 Å². The van der Waals surface area contributed by atoms with E-state index in [4.69, 9.17) is 4.74 Å². The Morgan fingerprint density at radius 3 is 2.56 bits per heavy atom. The number of aromatic hydroxyl groups is 1. The number of fused-ring (bicyclic) bond motifs is 3. The van der Waals surface area contributed by atoms with Crippen molar-refractivity contribution in [2.24, 2.45) is 17.8 Å². The van der Waals surface area contributed by atoms with Gasteiger partial charge in [-0.2, -0.15) is 0 Å². The zero-order chi connectivity index (χ0) is 19.3. The van der Waals surface area contributed by atoms with E-state index in [1.807, 2.05) is 6.07 Å². The van der Waals surface area contributed by atoms with Crippen LogP contribution < -0.4 is 4.74 Å². The largest absolute Gasteiger partial charge is 0.508 e. The highest BCUT2D eigenvalue weighted by atomic mass is 16.5. The van der Waals surface area contributed by atoms with Crippen molar-refractivity contribution in [3.8, 4) is 11.5 Å². The first-order valence-electron chi connectivity index (χ1n) is 11.0. The Bertz CT molecular complexity index is 739. The van der Waals surface area contributed by atoms with Crippen LogP contribution in [0.5, 0.6) is 11.5 Å². The minimum absolute atomic E-state index is 0.194. The normalized spacial score (nSPS) is 29.3. The number of allylic oxidation sites excluding steroid dienone is 2. The fraction of sp³-hybridized carbons (Fsp3) is 0.680. The number of rotatable bonds is 3. The SMILES string of the molecule is CC1=CC[C@H]2[C@@H](C1)c1c(O)cc(C(C)C(C)C3CCCC3)cc1OC2(C)C. The van der Waals surface area contributed by atoms with E-state index in [0.717, 1.165) is 30.1 Å². The Morgan fingerprint density at radius 2 is 1.85 bits per heavy atom. The Hall–Kier alpha value is -1.44. The van der Waals surface area contributed by atoms with Crippen LogP contribution in [0, 0.1) is 17.8 Å². The Kier molecular flexibility index (Phi) is 4.81. The minimum atomic E-state index is -0.194. The van der Waals surface area contributed by atoms with E-state index in [0.29, 0.717) is 29.4 Å². The molecule has 0 spiro atoms.